The third kappa shape index (κ3) is 14.3. The highest BCUT2D eigenvalue weighted by atomic mass is 16.7. The lowest BCUT2D eigenvalue weighted by Gasteiger charge is -2.43. The molecule has 0 amide bonds. The Morgan fingerprint density at radius 1 is 0.300 bits per heavy atom. The van der Waals surface area contributed by atoms with E-state index in [9.17, 15) is 140 Å². The van der Waals surface area contributed by atoms with E-state index in [4.69, 9.17) is 42.6 Å². The Morgan fingerprint density at radius 2 is 0.580 bits per heavy atom. The molecule has 8 aromatic carbocycles. The third-order valence-corrected chi connectivity index (χ3v) is 14.3. The Bertz CT molecular complexity index is 4650. The summed E-state index contributed by atoms with van der Waals surface area (Å²) in [6.45, 7) is -0.261. The second-order valence-corrected chi connectivity index (χ2v) is 21.0. The molecule has 37 heteroatoms. The Labute approximate surface area is 552 Å². The Morgan fingerprint density at radius 3 is 0.910 bits per heavy atom. The Kier molecular flexibility index (Phi) is 19.2. The normalized spacial score (nSPS) is 15.5. The van der Waals surface area contributed by atoms with Crippen molar-refractivity contribution in [1.29, 1.82) is 0 Å². The van der Waals surface area contributed by atoms with Crippen molar-refractivity contribution in [2.75, 3.05) is 6.61 Å². The highest BCUT2D eigenvalue weighted by Gasteiger charge is 2.51. The second kappa shape index (κ2) is 27.4. The molecule has 0 aliphatic carbocycles. The van der Waals surface area contributed by atoms with Gasteiger partial charge in [0.1, 0.15) is 24.4 Å². The van der Waals surface area contributed by atoms with Crippen LogP contribution in [0.25, 0.3) is 0 Å². The van der Waals surface area contributed by atoms with Crippen LogP contribution in [0.3, 0.4) is 0 Å². The fraction of sp³-hybridized carbons (Fsp3) is 0.111. The van der Waals surface area contributed by atoms with Crippen LogP contribution in [0.5, 0.6) is 138 Å². The van der Waals surface area contributed by atoms with Crippen molar-refractivity contribution >= 4 is 47.8 Å². The first-order valence-electron chi connectivity index (χ1n) is 27.6. The van der Waals surface area contributed by atoms with Crippen molar-refractivity contribution in [2.45, 2.75) is 31.5 Å². The monoisotopic (exact) mass is 1390 g/mol. The van der Waals surface area contributed by atoms with Gasteiger partial charge in [0.05, 0.1) is 38.9 Å². The number of phenols is 20. The maximum Gasteiger partial charge on any atom is 0.344 e. The number of benzene rings is 8. The van der Waals surface area contributed by atoms with E-state index < -0.39 is 267 Å². The zero-order valence-electron chi connectivity index (χ0n) is 49.7. The van der Waals surface area contributed by atoms with Crippen LogP contribution in [0.1, 0.15) is 89.8 Å². The quantitative estimate of drug-likeness (QED) is 0.0258. The number of aromatic hydroxyl groups is 20. The van der Waals surface area contributed by atoms with Crippen molar-refractivity contribution in [1.82, 2.24) is 0 Å². The minimum Gasteiger partial charge on any atom is -0.504 e. The topological polar surface area (TPSA) is 624 Å². The molecule has 1 heterocycles. The molecule has 1 fully saturated rings. The standard InChI is InChI=1S/C63H46O37/c1-19-53(98-60(89)25-13-37(73)50(81)41(16-25)95-58(87)22-8-32(68)47(78)33(69)9-22)43(18-92-55(84)24-12-36(72)49(80)40(15-24)94-57(86)21-6-30(66)46(77)31(67)7-21)97-63(100-62(91)27-2-3-39(52(83)44(27)75)93-56(85)20-4-28(64)45(76)29(65)5-20)54(19)99-61(90)26-14-38(74)51(82)42(17-26)96-59(88)23-10-34(70)48(79)35(71)11-23/h2-17,19,43,53-54,63-83H,18H2,1H3. The highest BCUT2D eigenvalue weighted by Crippen LogP contribution is 2.46. The fourth-order valence-corrected chi connectivity index (χ4v) is 9.17. The molecule has 0 radical (unpaired) electrons. The van der Waals surface area contributed by atoms with Gasteiger partial charge in [-0.2, -0.15) is 0 Å². The first-order valence-corrected chi connectivity index (χ1v) is 27.6. The summed E-state index contributed by atoms with van der Waals surface area (Å²) in [5.74, 6) is -41.3. The molecule has 20 N–H and O–H groups in total. The molecule has 8 aromatic rings. The largest absolute Gasteiger partial charge is 0.504 e. The van der Waals surface area contributed by atoms with Gasteiger partial charge in [0.15, 0.2) is 121 Å². The van der Waals surface area contributed by atoms with Gasteiger partial charge in [-0.1, -0.05) is 6.92 Å². The van der Waals surface area contributed by atoms with Gasteiger partial charge in [-0.05, 0) is 97.1 Å². The lowest BCUT2D eigenvalue weighted by Crippen LogP contribution is -2.58. The molecule has 520 valence electrons. The maximum atomic E-state index is 14.5. The van der Waals surface area contributed by atoms with Crippen LogP contribution >= 0.6 is 0 Å². The van der Waals surface area contributed by atoms with Gasteiger partial charge < -0.3 is 145 Å². The predicted molar refractivity (Wildman–Crippen MR) is 317 cm³/mol. The van der Waals surface area contributed by atoms with Crippen LogP contribution in [0.15, 0.2) is 97.1 Å². The lowest BCUT2D eigenvalue weighted by atomic mass is 9.90. The molecule has 5 atom stereocenters. The molecule has 100 heavy (non-hydrogen) atoms. The highest BCUT2D eigenvalue weighted by molar-refractivity contribution is 5.99. The number of carbonyl (C=O) groups is 8. The van der Waals surface area contributed by atoms with E-state index in [0.717, 1.165) is 6.92 Å². The van der Waals surface area contributed by atoms with Gasteiger partial charge in [-0.25, -0.2) is 38.4 Å². The number of rotatable bonds is 17. The van der Waals surface area contributed by atoms with Gasteiger partial charge in [-0.3, -0.25) is 0 Å². The predicted octanol–water partition coefficient (Wildman–Crippen LogP) is 4.50. The third-order valence-electron chi connectivity index (χ3n) is 14.3. The van der Waals surface area contributed by atoms with Crippen LogP contribution in [-0.4, -0.2) is 181 Å². The van der Waals surface area contributed by atoms with Gasteiger partial charge in [0.2, 0.25) is 29.3 Å². The zero-order valence-corrected chi connectivity index (χ0v) is 49.7. The van der Waals surface area contributed by atoms with Gasteiger partial charge in [-0.15, -0.1) is 0 Å². The number of esters is 8. The molecule has 5 unspecified atom stereocenters. The Balaban J connectivity index is 1.10. The molecule has 37 nitrogen and oxygen atoms in total. The average Bonchev–Trinajstić information content (AvgIpc) is 0.779. The van der Waals surface area contributed by atoms with E-state index in [2.05, 4.69) is 0 Å². The number of hydrogen-bond donors (Lipinski definition) is 20. The van der Waals surface area contributed by atoms with Crippen molar-refractivity contribution < 1.29 is 183 Å². The molecule has 0 saturated carbocycles. The summed E-state index contributed by atoms with van der Waals surface area (Å²) in [6.07, 6.45) is -9.17. The average molecular weight is 1400 g/mol. The molecule has 0 spiro atoms. The second-order valence-electron chi connectivity index (χ2n) is 21.0. The van der Waals surface area contributed by atoms with Gasteiger partial charge in [0.25, 0.3) is 0 Å². The number of ether oxygens (including phenoxy) is 9. The van der Waals surface area contributed by atoms with E-state index in [1.165, 1.54) is 0 Å². The van der Waals surface area contributed by atoms with Crippen molar-refractivity contribution in [3.63, 3.8) is 0 Å². The minimum absolute atomic E-state index is 0.496. The smallest absolute Gasteiger partial charge is 0.344 e. The van der Waals surface area contributed by atoms with Crippen molar-refractivity contribution in [3.05, 3.63) is 142 Å². The van der Waals surface area contributed by atoms with Gasteiger partial charge >= 0.3 is 47.8 Å². The summed E-state index contributed by atoms with van der Waals surface area (Å²) in [5, 5.41) is 205. The molecular weight excluding hydrogens is 1350 g/mol. The van der Waals surface area contributed by atoms with E-state index in [0.29, 0.717) is 97.1 Å². The van der Waals surface area contributed by atoms with Gasteiger partial charge in [0, 0.05) is 5.92 Å². The number of hydrogen-bond acceptors (Lipinski definition) is 37. The Hall–Kier alpha value is -14.5. The molecule has 1 aliphatic heterocycles. The summed E-state index contributed by atoms with van der Waals surface area (Å²) in [4.78, 5) is 110. The molecule has 1 aliphatic rings. The van der Waals surface area contributed by atoms with Crippen LogP contribution in [0.2, 0.25) is 0 Å². The maximum absolute atomic E-state index is 14.5. The molecular formula is C63H46O37. The van der Waals surface area contributed by atoms with Crippen LogP contribution in [0, 0.1) is 5.92 Å². The summed E-state index contributed by atoms with van der Waals surface area (Å²) in [5.41, 5.74) is -6.38. The van der Waals surface area contributed by atoms with Crippen molar-refractivity contribution in [3.8, 4) is 138 Å². The lowest BCUT2D eigenvalue weighted by molar-refractivity contribution is -0.268. The van der Waals surface area contributed by atoms with Crippen LogP contribution < -0.4 is 18.9 Å². The first-order chi connectivity index (χ1) is 47.0. The van der Waals surface area contributed by atoms with E-state index in [1.54, 1.807) is 0 Å². The summed E-state index contributed by atoms with van der Waals surface area (Å²) < 4.78 is 49.0. The molecule has 0 bridgehead atoms. The summed E-state index contributed by atoms with van der Waals surface area (Å²) >= 11 is 0. The summed E-state index contributed by atoms with van der Waals surface area (Å²) in [6, 6.07) is 9.38. The molecule has 1 saturated heterocycles. The number of phenolic OH excluding ortho intramolecular Hbond substituents is 20. The summed E-state index contributed by atoms with van der Waals surface area (Å²) in [7, 11) is 0. The van der Waals surface area contributed by atoms with Crippen LogP contribution in [0.4, 0.5) is 0 Å². The van der Waals surface area contributed by atoms with E-state index >= 15 is 0 Å². The zero-order chi connectivity index (χ0) is 73.4. The molecule has 9 rings (SSSR count). The van der Waals surface area contributed by atoms with E-state index in [-0.39, 0.29) is 0 Å². The van der Waals surface area contributed by atoms with E-state index in [1.807, 2.05) is 0 Å². The first kappa shape index (κ1) is 69.8. The number of carbonyl (C=O) groups excluding carboxylic acids is 8. The van der Waals surface area contributed by atoms with Crippen molar-refractivity contribution in [2.24, 2.45) is 5.92 Å². The molecule has 0 aromatic heterocycles. The van der Waals surface area contributed by atoms with Crippen LogP contribution in [-0.2, 0) is 23.7 Å². The fourth-order valence-electron chi connectivity index (χ4n) is 9.17. The minimum atomic E-state index is -2.54. The SMILES string of the molecule is CC1C(OC(=O)c2cc(O)c(O)c(OC(=O)c3cc(O)c(O)c(O)c3)c2)C(COC(=O)c2cc(O)c(O)c(OC(=O)c3cc(O)c(O)c(O)c3)c2)OC(OC(=O)c2ccc(OC(=O)c3cc(O)c(O)c(O)c3)c(O)c2O)C1OC(=O)c1cc(O)c(O)c(OC(=O)c2cc(O)c(O)c(O)c2)c1.